The minimum absolute atomic E-state index is 0.305. The van der Waals surface area contributed by atoms with E-state index in [0.29, 0.717) is 15.6 Å². The zero-order chi connectivity index (χ0) is 13.8. The first-order valence-electron chi connectivity index (χ1n) is 5.34. The lowest BCUT2D eigenvalue weighted by Gasteiger charge is -2.04. The third-order valence-corrected chi connectivity index (χ3v) is 4.23. The topological polar surface area (TPSA) is 43.4 Å². The Kier molecular flexibility index (Phi) is 4.50. The maximum atomic E-state index is 11.8. The van der Waals surface area contributed by atoms with Gasteiger partial charge in [0, 0.05) is 8.95 Å². The van der Waals surface area contributed by atoms with Crippen molar-refractivity contribution in [3.8, 4) is 0 Å². The number of esters is 2. The van der Waals surface area contributed by atoms with Crippen LogP contribution in [0, 0.1) is 0 Å². The average molecular weight is 384 g/mol. The molecule has 0 amide bonds. The SMILES string of the molecule is O=C(OC(=O)c1ccc(Br)c(Br)c1)c1ccccc1. The molecule has 0 unspecified atom stereocenters. The van der Waals surface area contributed by atoms with Gasteiger partial charge in [0.2, 0.25) is 0 Å². The van der Waals surface area contributed by atoms with E-state index in [-0.39, 0.29) is 0 Å². The van der Waals surface area contributed by atoms with Gasteiger partial charge in [0.15, 0.2) is 0 Å². The predicted octanol–water partition coefficient (Wildman–Crippen LogP) is 4.21. The van der Waals surface area contributed by atoms with Crippen LogP contribution in [0.3, 0.4) is 0 Å². The van der Waals surface area contributed by atoms with Gasteiger partial charge in [-0.1, -0.05) is 18.2 Å². The van der Waals surface area contributed by atoms with Gasteiger partial charge >= 0.3 is 11.9 Å². The molecule has 0 saturated carbocycles. The molecule has 0 fully saturated rings. The lowest BCUT2D eigenvalue weighted by Crippen LogP contribution is -2.12. The second kappa shape index (κ2) is 6.12. The summed E-state index contributed by atoms with van der Waals surface area (Å²) in [4.78, 5) is 23.5. The number of hydrogen-bond acceptors (Lipinski definition) is 3. The Bertz CT molecular complexity index is 624. The number of rotatable bonds is 2. The van der Waals surface area contributed by atoms with Crippen LogP contribution in [0.4, 0.5) is 0 Å². The molecule has 0 saturated heterocycles. The third-order valence-electron chi connectivity index (χ3n) is 2.35. The Balaban J connectivity index is 2.13. The van der Waals surface area contributed by atoms with Crippen LogP contribution in [0.25, 0.3) is 0 Å². The largest absolute Gasteiger partial charge is 0.386 e. The quantitative estimate of drug-likeness (QED) is 0.576. The Morgan fingerprint density at radius 2 is 1.42 bits per heavy atom. The molecular weight excluding hydrogens is 376 g/mol. The molecule has 3 nitrogen and oxygen atoms in total. The van der Waals surface area contributed by atoms with E-state index in [2.05, 4.69) is 31.9 Å². The first-order chi connectivity index (χ1) is 9.08. The Morgan fingerprint density at radius 3 is 2.05 bits per heavy atom. The first-order valence-corrected chi connectivity index (χ1v) is 6.93. The molecule has 0 aromatic heterocycles. The summed E-state index contributed by atoms with van der Waals surface area (Å²) in [6.07, 6.45) is 0. The second-order valence-corrected chi connectivity index (χ2v) is 5.38. The molecule has 2 aromatic rings. The maximum absolute atomic E-state index is 11.8. The molecule has 19 heavy (non-hydrogen) atoms. The molecule has 96 valence electrons. The number of halogens is 2. The summed E-state index contributed by atoms with van der Waals surface area (Å²) in [6, 6.07) is 13.2. The summed E-state index contributed by atoms with van der Waals surface area (Å²) >= 11 is 6.59. The number of carbonyl (C=O) groups excluding carboxylic acids is 2. The van der Waals surface area contributed by atoms with Gasteiger partial charge in [-0.25, -0.2) is 9.59 Å². The number of benzene rings is 2. The van der Waals surface area contributed by atoms with E-state index in [0.717, 1.165) is 4.47 Å². The summed E-state index contributed by atoms with van der Waals surface area (Å²) in [7, 11) is 0. The second-order valence-electron chi connectivity index (χ2n) is 3.67. The van der Waals surface area contributed by atoms with E-state index in [1.807, 2.05) is 0 Å². The highest BCUT2D eigenvalue weighted by Crippen LogP contribution is 2.24. The zero-order valence-corrected chi connectivity index (χ0v) is 12.8. The van der Waals surface area contributed by atoms with Crippen LogP contribution >= 0.6 is 31.9 Å². The average Bonchev–Trinajstić information content (AvgIpc) is 2.42. The van der Waals surface area contributed by atoms with Gasteiger partial charge in [-0.15, -0.1) is 0 Å². The minimum atomic E-state index is -0.679. The van der Waals surface area contributed by atoms with E-state index in [9.17, 15) is 9.59 Å². The van der Waals surface area contributed by atoms with Crippen molar-refractivity contribution in [1.29, 1.82) is 0 Å². The van der Waals surface area contributed by atoms with E-state index >= 15 is 0 Å². The van der Waals surface area contributed by atoms with Gasteiger partial charge < -0.3 is 4.74 Å². The summed E-state index contributed by atoms with van der Waals surface area (Å²) in [5, 5.41) is 0. The van der Waals surface area contributed by atoms with Crippen LogP contribution < -0.4 is 0 Å². The van der Waals surface area contributed by atoms with E-state index in [1.165, 1.54) is 0 Å². The molecular formula is C14H8Br2O3. The fourth-order valence-electron chi connectivity index (χ4n) is 1.40. The zero-order valence-electron chi connectivity index (χ0n) is 9.60. The fraction of sp³-hybridized carbons (Fsp3) is 0. The molecule has 0 heterocycles. The summed E-state index contributed by atoms with van der Waals surface area (Å²) in [5.41, 5.74) is 0.645. The Morgan fingerprint density at radius 1 is 0.789 bits per heavy atom. The van der Waals surface area contributed by atoms with Crippen LogP contribution in [-0.2, 0) is 4.74 Å². The molecule has 0 N–H and O–H groups in total. The molecule has 5 heteroatoms. The van der Waals surface area contributed by atoms with Crippen molar-refractivity contribution in [3.05, 3.63) is 68.6 Å². The molecule has 0 atom stereocenters. The smallest absolute Gasteiger partial charge is 0.346 e. The van der Waals surface area contributed by atoms with E-state index in [4.69, 9.17) is 4.74 Å². The lowest BCUT2D eigenvalue weighted by molar-refractivity contribution is 0.0398. The summed E-state index contributed by atoms with van der Waals surface area (Å²) in [6.45, 7) is 0. The third kappa shape index (κ3) is 3.52. The molecule has 0 aliphatic rings. The van der Waals surface area contributed by atoms with E-state index < -0.39 is 11.9 Å². The van der Waals surface area contributed by atoms with Gasteiger partial charge in [0.25, 0.3) is 0 Å². The van der Waals surface area contributed by atoms with Crippen LogP contribution in [0.5, 0.6) is 0 Å². The number of hydrogen-bond donors (Lipinski definition) is 0. The van der Waals surface area contributed by atoms with Crippen molar-refractivity contribution < 1.29 is 14.3 Å². The molecule has 0 aliphatic heterocycles. The van der Waals surface area contributed by atoms with Gasteiger partial charge in [0.1, 0.15) is 0 Å². The normalized spacial score (nSPS) is 10.0. The van der Waals surface area contributed by atoms with Gasteiger partial charge in [0.05, 0.1) is 11.1 Å². The van der Waals surface area contributed by atoms with Crippen molar-refractivity contribution in [1.82, 2.24) is 0 Å². The Labute approximate surface area is 126 Å². The van der Waals surface area contributed by atoms with E-state index in [1.54, 1.807) is 48.5 Å². The van der Waals surface area contributed by atoms with Gasteiger partial charge in [-0.3, -0.25) is 0 Å². The van der Waals surface area contributed by atoms with Gasteiger partial charge in [-0.2, -0.15) is 0 Å². The minimum Gasteiger partial charge on any atom is -0.386 e. The van der Waals surface area contributed by atoms with Crippen molar-refractivity contribution in [3.63, 3.8) is 0 Å². The molecule has 2 rings (SSSR count). The van der Waals surface area contributed by atoms with Crippen LogP contribution in [-0.4, -0.2) is 11.9 Å². The van der Waals surface area contributed by atoms with Crippen molar-refractivity contribution in [2.75, 3.05) is 0 Å². The standard InChI is InChI=1S/C14H8Br2O3/c15-11-7-6-10(8-12(11)16)14(18)19-13(17)9-4-2-1-3-5-9/h1-8H. The molecule has 0 aliphatic carbocycles. The first kappa shape index (κ1) is 14.0. The maximum Gasteiger partial charge on any atom is 0.346 e. The van der Waals surface area contributed by atoms with Crippen LogP contribution in [0.15, 0.2) is 57.5 Å². The summed E-state index contributed by atoms with van der Waals surface area (Å²) in [5.74, 6) is -1.34. The van der Waals surface area contributed by atoms with Gasteiger partial charge in [-0.05, 0) is 62.2 Å². The number of ether oxygens (including phenoxy) is 1. The fourth-order valence-corrected chi connectivity index (χ4v) is 2.02. The lowest BCUT2D eigenvalue weighted by atomic mass is 10.2. The highest BCUT2D eigenvalue weighted by atomic mass is 79.9. The number of carbonyl (C=O) groups is 2. The molecule has 0 radical (unpaired) electrons. The van der Waals surface area contributed by atoms with Crippen molar-refractivity contribution in [2.24, 2.45) is 0 Å². The monoisotopic (exact) mass is 382 g/mol. The molecule has 0 bridgehead atoms. The molecule has 0 spiro atoms. The summed E-state index contributed by atoms with van der Waals surface area (Å²) < 4.78 is 6.34. The predicted molar refractivity (Wildman–Crippen MR) is 78.0 cm³/mol. The highest BCUT2D eigenvalue weighted by molar-refractivity contribution is 9.13. The molecule has 2 aromatic carbocycles. The van der Waals surface area contributed by atoms with Crippen LogP contribution in [0.1, 0.15) is 20.7 Å². The van der Waals surface area contributed by atoms with Crippen molar-refractivity contribution in [2.45, 2.75) is 0 Å². The Hall–Kier alpha value is -1.46. The van der Waals surface area contributed by atoms with Crippen LogP contribution in [0.2, 0.25) is 0 Å². The van der Waals surface area contributed by atoms with Crippen molar-refractivity contribution >= 4 is 43.8 Å². The highest BCUT2D eigenvalue weighted by Gasteiger charge is 2.15.